The summed E-state index contributed by atoms with van der Waals surface area (Å²) in [5.74, 6) is -1.10. The van der Waals surface area contributed by atoms with E-state index in [1.807, 2.05) is 36.0 Å². The van der Waals surface area contributed by atoms with Crippen LogP contribution in [0.15, 0.2) is 24.5 Å². The number of rotatable bonds is 6. The number of aromatic nitrogens is 1. The first-order valence-corrected chi connectivity index (χ1v) is 7.27. The van der Waals surface area contributed by atoms with Gasteiger partial charge in [0.25, 0.3) is 0 Å². The van der Waals surface area contributed by atoms with Gasteiger partial charge in [-0.3, -0.25) is 4.79 Å². The van der Waals surface area contributed by atoms with Gasteiger partial charge in [-0.15, -0.1) is 0 Å². The molecule has 2 rings (SSSR count). The van der Waals surface area contributed by atoms with Gasteiger partial charge in [0.15, 0.2) is 0 Å². The van der Waals surface area contributed by atoms with E-state index in [4.69, 9.17) is 0 Å². The van der Waals surface area contributed by atoms with E-state index in [0.29, 0.717) is 19.3 Å². The van der Waals surface area contributed by atoms with E-state index in [1.54, 1.807) is 0 Å². The summed E-state index contributed by atoms with van der Waals surface area (Å²) in [5.41, 5.74) is -1.06. The van der Waals surface area contributed by atoms with E-state index in [0.717, 1.165) is 19.3 Å². The van der Waals surface area contributed by atoms with Crippen molar-refractivity contribution in [2.45, 2.75) is 57.0 Å². The van der Waals surface area contributed by atoms with Gasteiger partial charge < -0.3 is 15.0 Å². The molecule has 0 bridgehead atoms. The monoisotopic (exact) mass is 278 g/mol. The van der Waals surface area contributed by atoms with Gasteiger partial charge in [-0.2, -0.15) is 0 Å². The smallest absolute Gasteiger partial charge is 0.329 e. The predicted octanol–water partition coefficient (Wildman–Crippen LogP) is 2.34. The Morgan fingerprint density at radius 3 is 2.40 bits per heavy atom. The number of hydrogen-bond donors (Lipinski definition) is 2. The Morgan fingerprint density at radius 2 is 1.90 bits per heavy atom. The lowest BCUT2D eigenvalue weighted by Gasteiger charge is -2.28. The van der Waals surface area contributed by atoms with Crippen LogP contribution in [0.3, 0.4) is 0 Å². The van der Waals surface area contributed by atoms with Crippen molar-refractivity contribution in [1.82, 2.24) is 9.88 Å². The normalized spacial score (nSPS) is 18.6. The first kappa shape index (κ1) is 14.6. The molecule has 1 fully saturated rings. The highest BCUT2D eigenvalue weighted by atomic mass is 16.4. The summed E-state index contributed by atoms with van der Waals surface area (Å²) < 4.78 is 1.85. The Kier molecular flexibility index (Phi) is 4.47. The zero-order chi connectivity index (χ0) is 14.6. The predicted molar refractivity (Wildman–Crippen MR) is 75.4 cm³/mol. The number of amides is 1. The number of aliphatic carboxylic acids is 1. The fourth-order valence-corrected chi connectivity index (χ4v) is 2.93. The van der Waals surface area contributed by atoms with Crippen molar-refractivity contribution in [1.29, 1.82) is 0 Å². The minimum absolute atomic E-state index is 0.188. The number of carboxylic acid groups (broad SMARTS) is 1. The zero-order valence-corrected chi connectivity index (χ0v) is 11.8. The molecule has 5 nitrogen and oxygen atoms in total. The number of carbonyl (C=O) groups is 2. The van der Waals surface area contributed by atoms with E-state index < -0.39 is 11.5 Å². The van der Waals surface area contributed by atoms with Crippen LogP contribution in [0.5, 0.6) is 0 Å². The van der Waals surface area contributed by atoms with Crippen LogP contribution < -0.4 is 5.32 Å². The number of nitrogens with zero attached hydrogens (tertiary/aromatic N) is 1. The van der Waals surface area contributed by atoms with Crippen molar-refractivity contribution >= 4 is 11.9 Å². The Labute approximate surface area is 119 Å². The second kappa shape index (κ2) is 6.11. The maximum absolute atomic E-state index is 12.5. The maximum Gasteiger partial charge on any atom is 0.329 e. The molecule has 1 aromatic heterocycles. The largest absolute Gasteiger partial charge is 0.480 e. The van der Waals surface area contributed by atoms with Crippen LogP contribution in [-0.4, -0.2) is 27.1 Å². The maximum atomic E-state index is 12.5. The molecule has 1 aliphatic rings. The molecule has 0 radical (unpaired) electrons. The Balaban J connectivity index is 2.14. The molecule has 1 unspecified atom stereocenters. The van der Waals surface area contributed by atoms with Crippen molar-refractivity contribution in [3.8, 4) is 0 Å². The van der Waals surface area contributed by atoms with E-state index in [2.05, 4.69) is 5.32 Å². The van der Waals surface area contributed by atoms with Gasteiger partial charge in [0.05, 0.1) is 0 Å². The molecule has 20 heavy (non-hydrogen) atoms. The molecule has 110 valence electrons. The van der Waals surface area contributed by atoms with Crippen molar-refractivity contribution in [2.24, 2.45) is 0 Å². The van der Waals surface area contributed by atoms with Gasteiger partial charge in [-0.25, -0.2) is 4.79 Å². The molecule has 0 aliphatic heterocycles. The molecule has 1 aliphatic carbocycles. The molecule has 0 aromatic carbocycles. The highest BCUT2D eigenvalue weighted by molar-refractivity contribution is 5.89. The van der Waals surface area contributed by atoms with Crippen molar-refractivity contribution in [2.75, 3.05) is 0 Å². The van der Waals surface area contributed by atoms with Crippen molar-refractivity contribution in [3.05, 3.63) is 24.5 Å². The molecular formula is C15H22N2O3. The second-order valence-electron chi connectivity index (χ2n) is 5.52. The van der Waals surface area contributed by atoms with Crippen LogP contribution in [0.1, 0.15) is 51.5 Å². The van der Waals surface area contributed by atoms with Gasteiger partial charge in [0.1, 0.15) is 11.6 Å². The van der Waals surface area contributed by atoms with Gasteiger partial charge in [0.2, 0.25) is 5.91 Å². The Morgan fingerprint density at radius 1 is 1.30 bits per heavy atom. The number of hydrogen-bond acceptors (Lipinski definition) is 2. The van der Waals surface area contributed by atoms with E-state index in [9.17, 15) is 14.7 Å². The molecule has 1 aromatic rings. The summed E-state index contributed by atoms with van der Waals surface area (Å²) in [6, 6.07) is 3.42. The van der Waals surface area contributed by atoms with Crippen LogP contribution in [0, 0.1) is 0 Å². The fraction of sp³-hybridized carbons (Fsp3) is 0.600. The topological polar surface area (TPSA) is 71.3 Å². The Bertz CT molecular complexity index is 461. The van der Waals surface area contributed by atoms with E-state index in [1.165, 1.54) is 0 Å². The summed E-state index contributed by atoms with van der Waals surface area (Å²) in [6.07, 6.45) is 8.04. The molecule has 1 saturated carbocycles. The Hall–Kier alpha value is -1.78. The number of carboxylic acids is 1. The van der Waals surface area contributed by atoms with Crippen molar-refractivity contribution < 1.29 is 14.7 Å². The van der Waals surface area contributed by atoms with E-state index in [-0.39, 0.29) is 11.9 Å². The SMILES string of the molecule is CCCC(C(=O)NC1(C(=O)O)CCCC1)n1cccc1. The third kappa shape index (κ3) is 2.86. The second-order valence-corrected chi connectivity index (χ2v) is 5.52. The molecule has 2 N–H and O–H groups in total. The van der Waals surface area contributed by atoms with Gasteiger partial charge in [-0.1, -0.05) is 26.2 Å². The molecule has 0 saturated heterocycles. The molecule has 0 spiro atoms. The van der Waals surface area contributed by atoms with Crippen LogP contribution in [-0.2, 0) is 9.59 Å². The van der Waals surface area contributed by atoms with Gasteiger partial charge in [0, 0.05) is 12.4 Å². The molecule has 5 heteroatoms. The molecule has 1 amide bonds. The van der Waals surface area contributed by atoms with Crippen LogP contribution in [0.25, 0.3) is 0 Å². The standard InChI is InChI=1S/C15H22N2O3/c1-2-7-12(17-10-5-6-11-17)13(18)16-15(14(19)20)8-3-4-9-15/h5-6,10-12H,2-4,7-9H2,1H3,(H,16,18)(H,19,20). The third-order valence-corrected chi connectivity index (χ3v) is 4.08. The summed E-state index contributed by atoms with van der Waals surface area (Å²) in [7, 11) is 0. The highest BCUT2D eigenvalue weighted by Crippen LogP contribution is 2.31. The summed E-state index contributed by atoms with van der Waals surface area (Å²) >= 11 is 0. The van der Waals surface area contributed by atoms with Gasteiger partial charge >= 0.3 is 5.97 Å². The van der Waals surface area contributed by atoms with E-state index >= 15 is 0 Å². The summed E-state index contributed by atoms with van der Waals surface area (Å²) in [6.45, 7) is 2.02. The first-order chi connectivity index (χ1) is 9.59. The molecule has 1 heterocycles. The first-order valence-electron chi connectivity index (χ1n) is 7.27. The lowest BCUT2D eigenvalue weighted by atomic mass is 9.96. The van der Waals surface area contributed by atoms with Crippen LogP contribution in [0.2, 0.25) is 0 Å². The molecule has 1 atom stereocenters. The molecular weight excluding hydrogens is 256 g/mol. The number of nitrogens with one attached hydrogen (secondary N) is 1. The average molecular weight is 278 g/mol. The lowest BCUT2D eigenvalue weighted by Crippen LogP contribution is -2.54. The van der Waals surface area contributed by atoms with Crippen LogP contribution in [0.4, 0.5) is 0 Å². The zero-order valence-electron chi connectivity index (χ0n) is 11.8. The van der Waals surface area contributed by atoms with Gasteiger partial charge in [-0.05, 0) is 31.4 Å². The minimum Gasteiger partial charge on any atom is -0.480 e. The number of carbonyl (C=O) groups excluding carboxylic acids is 1. The minimum atomic E-state index is -1.06. The third-order valence-electron chi connectivity index (χ3n) is 4.08. The van der Waals surface area contributed by atoms with Crippen LogP contribution >= 0.6 is 0 Å². The quantitative estimate of drug-likeness (QED) is 0.839. The highest BCUT2D eigenvalue weighted by Gasteiger charge is 2.43. The fourth-order valence-electron chi connectivity index (χ4n) is 2.93. The van der Waals surface area contributed by atoms with Crippen molar-refractivity contribution in [3.63, 3.8) is 0 Å². The summed E-state index contributed by atoms with van der Waals surface area (Å²) in [5, 5.41) is 12.2. The summed E-state index contributed by atoms with van der Waals surface area (Å²) in [4.78, 5) is 24.0. The lowest BCUT2D eigenvalue weighted by molar-refractivity contribution is -0.148. The average Bonchev–Trinajstić information content (AvgIpc) is 3.07.